The van der Waals surface area contributed by atoms with E-state index in [1.165, 1.54) is 24.3 Å². The van der Waals surface area contributed by atoms with Gasteiger partial charge in [0.2, 0.25) is 6.79 Å². The molecule has 9 nitrogen and oxygen atoms in total. The molecule has 2 amide bonds. The number of hydrogen-bond donors (Lipinski definition) is 2. The second-order valence-corrected chi connectivity index (χ2v) is 6.26. The summed E-state index contributed by atoms with van der Waals surface area (Å²) < 4.78 is 20.7. The first-order valence-corrected chi connectivity index (χ1v) is 8.79. The molecule has 0 fully saturated rings. The number of rotatable bonds is 8. The quantitative estimate of drug-likeness (QED) is 0.640. The van der Waals surface area contributed by atoms with Gasteiger partial charge in [-0.25, -0.2) is 4.79 Å². The van der Waals surface area contributed by atoms with Crippen LogP contribution < -0.4 is 25.3 Å². The molecule has 0 unspecified atom stereocenters. The number of esters is 1. The van der Waals surface area contributed by atoms with Crippen molar-refractivity contribution >= 4 is 17.8 Å². The summed E-state index contributed by atoms with van der Waals surface area (Å²) in [7, 11) is 0. The van der Waals surface area contributed by atoms with Gasteiger partial charge in [-0.05, 0) is 48.9 Å². The summed E-state index contributed by atoms with van der Waals surface area (Å²) in [6, 6.07) is 11.0. The molecule has 1 atom stereocenters. The molecule has 1 heterocycles. The molecule has 3 rings (SSSR count). The molecule has 0 spiro atoms. The number of ether oxygens (including phenoxy) is 4. The lowest BCUT2D eigenvalue weighted by Gasteiger charge is -2.15. The van der Waals surface area contributed by atoms with Crippen LogP contribution in [0.2, 0.25) is 0 Å². The predicted molar refractivity (Wildman–Crippen MR) is 101 cm³/mol. The first kappa shape index (κ1) is 20.0. The monoisotopic (exact) mass is 400 g/mol. The van der Waals surface area contributed by atoms with E-state index in [0.29, 0.717) is 17.2 Å². The number of primary amides is 1. The fraction of sp³-hybridized carbons (Fsp3) is 0.250. The van der Waals surface area contributed by atoms with E-state index in [0.717, 1.165) is 5.56 Å². The Morgan fingerprint density at radius 3 is 2.52 bits per heavy atom. The molecule has 0 aliphatic carbocycles. The van der Waals surface area contributed by atoms with Gasteiger partial charge in [-0.1, -0.05) is 6.07 Å². The molecular formula is C20H20N2O7. The number of carbonyl (C=O) groups is 3. The molecule has 0 bridgehead atoms. The van der Waals surface area contributed by atoms with Crippen LogP contribution in [-0.2, 0) is 14.3 Å². The molecule has 1 aliphatic rings. The van der Waals surface area contributed by atoms with Crippen LogP contribution in [0, 0.1) is 0 Å². The van der Waals surface area contributed by atoms with Crippen molar-refractivity contribution in [2.24, 2.45) is 5.73 Å². The summed E-state index contributed by atoms with van der Waals surface area (Å²) in [5, 5.41) is 2.75. The Hall–Kier alpha value is -3.75. The van der Waals surface area contributed by atoms with Crippen molar-refractivity contribution in [3.05, 3.63) is 53.6 Å². The van der Waals surface area contributed by atoms with Gasteiger partial charge in [-0.3, -0.25) is 9.59 Å². The SMILES string of the molecule is C[C@H](NC(=O)COC(=O)c1ccc(OCC(N)=O)cc1)c1ccc2c(c1)OCO2. The third-order valence-electron chi connectivity index (χ3n) is 4.08. The number of carbonyl (C=O) groups excluding carboxylic acids is 3. The largest absolute Gasteiger partial charge is 0.484 e. The first-order chi connectivity index (χ1) is 13.9. The zero-order valence-corrected chi connectivity index (χ0v) is 15.7. The van der Waals surface area contributed by atoms with Gasteiger partial charge in [0.05, 0.1) is 11.6 Å². The van der Waals surface area contributed by atoms with E-state index >= 15 is 0 Å². The number of hydrogen-bond acceptors (Lipinski definition) is 7. The van der Waals surface area contributed by atoms with Crippen molar-refractivity contribution in [2.45, 2.75) is 13.0 Å². The molecular weight excluding hydrogens is 380 g/mol. The summed E-state index contributed by atoms with van der Waals surface area (Å²) in [4.78, 5) is 34.8. The second kappa shape index (κ2) is 8.96. The predicted octanol–water partition coefficient (Wildman–Crippen LogP) is 1.31. The minimum atomic E-state index is -0.655. The highest BCUT2D eigenvalue weighted by molar-refractivity contribution is 5.91. The van der Waals surface area contributed by atoms with Crippen LogP contribution in [0.3, 0.4) is 0 Å². The van der Waals surface area contributed by atoms with Gasteiger partial charge >= 0.3 is 5.97 Å². The topological polar surface area (TPSA) is 126 Å². The Morgan fingerprint density at radius 2 is 1.79 bits per heavy atom. The number of amides is 2. The average Bonchev–Trinajstić information content (AvgIpc) is 3.18. The van der Waals surface area contributed by atoms with E-state index in [4.69, 9.17) is 24.7 Å². The molecule has 9 heteroatoms. The number of benzene rings is 2. The van der Waals surface area contributed by atoms with Crippen LogP contribution in [0.1, 0.15) is 28.9 Å². The number of nitrogens with one attached hydrogen (secondary N) is 1. The van der Waals surface area contributed by atoms with E-state index in [9.17, 15) is 14.4 Å². The molecule has 2 aromatic carbocycles. The zero-order chi connectivity index (χ0) is 20.8. The lowest BCUT2D eigenvalue weighted by atomic mass is 10.1. The summed E-state index contributed by atoms with van der Waals surface area (Å²) in [5.74, 6) is -0.0297. The maximum absolute atomic E-state index is 12.1. The van der Waals surface area contributed by atoms with Crippen LogP contribution in [0.25, 0.3) is 0 Å². The molecule has 1 aliphatic heterocycles. The van der Waals surface area contributed by atoms with E-state index in [2.05, 4.69) is 5.32 Å². The second-order valence-electron chi connectivity index (χ2n) is 6.26. The van der Waals surface area contributed by atoms with Crippen LogP contribution >= 0.6 is 0 Å². The van der Waals surface area contributed by atoms with Gasteiger partial charge in [0.1, 0.15) is 5.75 Å². The summed E-state index contributed by atoms with van der Waals surface area (Å²) in [6.45, 7) is 1.30. The standard InChI is InChI=1S/C20H20N2O7/c1-12(14-4-7-16-17(8-14)29-11-28-16)22-19(24)10-27-20(25)13-2-5-15(6-3-13)26-9-18(21)23/h2-8,12H,9-11H2,1H3,(H2,21,23)(H,22,24)/t12-/m0/s1. The minimum absolute atomic E-state index is 0.174. The van der Waals surface area contributed by atoms with Gasteiger partial charge in [0.25, 0.3) is 11.8 Å². The van der Waals surface area contributed by atoms with E-state index in [1.807, 2.05) is 13.0 Å². The maximum Gasteiger partial charge on any atom is 0.338 e. The fourth-order valence-corrected chi connectivity index (χ4v) is 2.61. The van der Waals surface area contributed by atoms with Crippen molar-refractivity contribution in [3.63, 3.8) is 0 Å². The van der Waals surface area contributed by atoms with Crippen molar-refractivity contribution in [3.8, 4) is 17.2 Å². The molecule has 0 radical (unpaired) electrons. The van der Waals surface area contributed by atoms with Gasteiger partial charge in [-0.15, -0.1) is 0 Å². The van der Waals surface area contributed by atoms with Crippen molar-refractivity contribution in [1.82, 2.24) is 5.32 Å². The van der Waals surface area contributed by atoms with Gasteiger partial charge in [0.15, 0.2) is 24.7 Å². The summed E-state index contributed by atoms with van der Waals surface area (Å²) >= 11 is 0. The Labute approximate surface area is 166 Å². The van der Waals surface area contributed by atoms with Crippen molar-refractivity contribution in [2.75, 3.05) is 20.0 Å². The maximum atomic E-state index is 12.1. The molecule has 0 saturated heterocycles. The van der Waals surface area contributed by atoms with E-state index in [1.54, 1.807) is 12.1 Å². The van der Waals surface area contributed by atoms with Gasteiger partial charge in [0, 0.05) is 0 Å². The third kappa shape index (κ3) is 5.38. The normalized spacial score (nSPS) is 12.7. The number of nitrogens with two attached hydrogens (primary N) is 1. The summed E-state index contributed by atoms with van der Waals surface area (Å²) in [6.07, 6.45) is 0. The van der Waals surface area contributed by atoms with Crippen LogP contribution in [0.4, 0.5) is 0 Å². The molecule has 152 valence electrons. The number of fused-ring (bicyclic) bond motifs is 1. The Balaban J connectivity index is 1.47. The highest BCUT2D eigenvalue weighted by Crippen LogP contribution is 2.34. The van der Waals surface area contributed by atoms with Crippen molar-refractivity contribution < 1.29 is 33.3 Å². The highest BCUT2D eigenvalue weighted by Gasteiger charge is 2.17. The highest BCUT2D eigenvalue weighted by atomic mass is 16.7. The molecule has 3 N–H and O–H groups in total. The smallest absolute Gasteiger partial charge is 0.338 e. The molecule has 0 aromatic heterocycles. The molecule has 2 aromatic rings. The van der Waals surface area contributed by atoms with Crippen LogP contribution in [-0.4, -0.2) is 37.8 Å². The zero-order valence-electron chi connectivity index (χ0n) is 15.7. The van der Waals surface area contributed by atoms with Crippen molar-refractivity contribution in [1.29, 1.82) is 0 Å². The molecule has 0 saturated carbocycles. The van der Waals surface area contributed by atoms with Crippen LogP contribution in [0.15, 0.2) is 42.5 Å². The summed E-state index contributed by atoms with van der Waals surface area (Å²) in [5.41, 5.74) is 6.07. The lowest BCUT2D eigenvalue weighted by Crippen LogP contribution is -2.31. The fourth-order valence-electron chi connectivity index (χ4n) is 2.61. The average molecular weight is 400 g/mol. The third-order valence-corrected chi connectivity index (χ3v) is 4.08. The van der Waals surface area contributed by atoms with E-state index < -0.39 is 24.4 Å². The molecule has 29 heavy (non-hydrogen) atoms. The van der Waals surface area contributed by atoms with Gasteiger partial charge in [-0.2, -0.15) is 0 Å². The lowest BCUT2D eigenvalue weighted by molar-refractivity contribution is -0.125. The van der Waals surface area contributed by atoms with Crippen LogP contribution in [0.5, 0.6) is 17.2 Å². The Bertz CT molecular complexity index is 912. The van der Waals surface area contributed by atoms with Gasteiger partial charge < -0.3 is 30.0 Å². The first-order valence-electron chi connectivity index (χ1n) is 8.79. The minimum Gasteiger partial charge on any atom is -0.484 e. The Morgan fingerprint density at radius 1 is 1.07 bits per heavy atom. The Kier molecular flexibility index (Phi) is 6.18. The van der Waals surface area contributed by atoms with E-state index in [-0.39, 0.29) is 25.0 Å².